The van der Waals surface area contributed by atoms with Crippen LogP contribution < -0.4 is 11.1 Å². The van der Waals surface area contributed by atoms with Crippen molar-refractivity contribution in [2.24, 2.45) is 17.1 Å². The Balaban J connectivity index is 2.36. The number of amides is 1. The van der Waals surface area contributed by atoms with E-state index in [0.717, 1.165) is 25.7 Å². The van der Waals surface area contributed by atoms with E-state index in [1.54, 1.807) is 0 Å². The average Bonchev–Trinajstić information content (AvgIpc) is 2.61. The van der Waals surface area contributed by atoms with Gasteiger partial charge in [-0.25, -0.2) is 0 Å². The minimum absolute atomic E-state index is 0.0149. The molecule has 3 N–H and O–H groups in total. The van der Waals surface area contributed by atoms with Crippen LogP contribution in [0.1, 0.15) is 52.9 Å². The van der Waals surface area contributed by atoms with E-state index < -0.39 is 0 Å². The Morgan fingerprint density at radius 3 is 2.72 bits per heavy atom. The Labute approximate surface area is 110 Å². The molecule has 1 rings (SSSR count). The van der Waals surface area contributed by atoms with Gasteiger partial charge in [0.1, 0.15) is 0 Å². The highest BCUT2D eigenvalue weighted by atomic mass is 16.1. The second kappa shape index (κ2) is 6.19. The van der Waals surface area contributed by atoms with Crippen molar-refractivity contribution in [3.8, 4) is 6.07 Å². The molecule has 0 bridgehead atoms. The van der Waals surface area contributed by atoms with Crippen LogP contribution in [0.5, 0.6) is 0 Å². The van der Waals surface area contributed by atoms with Crippen LogP contribution in [0.3, 0.4) is 0 Å². The normalized spacial score (nSPS) is 25.5. The molecule has 3 unspecified atom stereocenters. The first-order valence-corrected chi connectivity index (χ1v) is 6.76. The Morgan fingerprint density at radius 2 is 2.17 bits per heavy atom. The average molecular weight is 251 g/mol. The lowest BCUT2D eigenvalue weighted by molar-refractivity contribution is -0.122. The first-order chi connectivity index (χ1) is 8.31. The zero-order chi connectivity index (χ0) is 13.8. The highest BCUT2D eigenvalue weighted by Gasteiger charge is 2.29. The number of carbonyl (C=O) groups excluding carboxylic acids is 1. The number of carbonyl (C=O) groups is 1. The molecule has 18 heavy (non-hydrogen) atoms. The van der Waals surface area contributed by atoms with Crippen molar-refractivity contribution in [3.05, 3.63) is 0 Å². The number of hydrogen-bond donors (Lipinski definition) is 2. The highest BCUT2D eigenvalue weighted by Crippen LogP contribution is 2.25. The largest absolute Gasteiger partial charge is 0.352 e. The predicted octanol–water partition coefficient (Wildman–Crippen LogP) is 1.95. The molecule has 0 aromatic heterocycles. The van der Waals surface area contributed by atoms with Crippen LogP contribution in [-0.2, 0) is 4.79 Å². The van der Waals surface area contributed by atoms with Crippen molar-refractivity contribution in [2.75, 3.05) is 0 Å². The molecule has 1 saturated carbocycles. The van der Waals surface area contributed by atoms with E-state index in [9.17, 15) is 4.79 Å². The van der Waals surface area contributed by atoms with Crippen molar-refractivity contribution in [3.63, 3.8) is 0 Å². The standard InChI is InChI=1S/C14H25N3O/c1-14(2,3)8-11(16)7-13(18)17-12-6-4-5-10(12)9-15/h10-12H,4-8,16H2,1-3H3,(H,17,18). The summed E-state index contributed by atoms with van der Waals surface area (Å²) in [6, 6.07) is 2.19. The van der Waals surface area contributed by atoms with Crippen molar-refractivity contribution >= 4 is 5.91 Å². The fourth-order valence-corrected chi connectivity index (χ4v) is 2.65. The smallest absolute Gasteiger partial charge is 0.221 e. The Morgan fingerprint density at radius 1 is 1.50 bits per heavy atom. The summed E-state index contributed by atoms with van der Waals surface area (Å²) in [5.74, 6) is -0.0355. The maximum atomic E-state index is 11.9. The maximum Gasteiger partial charge on any atom is 0.221 e. The summed E-state index contributed by atoms with van der Waals surface area (Å²) in [5.41, 5.74) is 6.12. The van der Waals surface area contributed by atoms with Gasteiger partial charge < -0.3 is 11.1 Å². The molecule has 0 radical (unpaired) electrons. The SMILES string of the molecule is CC(C)(C)CC(N)CC(=O)NC1CCCC1C#N. The summed E-state index contributed by atoms with van der Waals surface area (Å²) in [5, 5.41) is 11.9. The molecular formula is C14H25N3O. The fourth-order valence-electron chi connectivity index (χ4n) is 2.65. The summed E-state index contributed by atoms with van der Waals surface area (Å²) in [7, 11) is 0. The number of nitrogens with one attached hydrogen (secondary N) is 1. The quantitative estimate of drug-likeness (QED) is 0.801. The zero-order valence-corrected chi connectivity index (χ0v) is 11.7. The molecule has 0 saturated heterocycles. The summed E-state index contributed by atoms with van der Waals surface area (Å²) in [4.78, 5) is 11.9. The number of nitrogens with zero attached hydrogens (tertiary/aromatic N) is 1. The highest BCUT2D eigenvalue weighted by molar-refractivity contribution is 5.77. The molecule has 102 valence electrons. The summed E-state index contributed by atoms with van der Waals surface area (Å²) in [6.45, 7) is 6.36. The van der Waals surface area contributed by atoms with Gasteiger partial charge in [0.05, 0.1) is 12.0 Å². The van der Waals surface area contributed by atoms with Crippen LogP contribution in [0.25, 0.3) is 0 Å². The van der Waals surface area contributed by atoms with E-state index in [1.165, 1.54) is 0 Å². The van der Waals surface area contributed by atoms with Crippen LogP contribution in [0.2, 0.25) is 0 Å². The molecule has 1 aliphatic carbocycles. The van der Waals surface area contributed by atoms with Gasteiger partial charge in [0.15, 0.2) is 0 Å². The Kier molecular flexibility index (Phi) is 5.15. The molecule has 1 amide bonds. The first-order valence-electron chi connectivity index (χ1n) is 6.76. The van der Waals surface area contributed by atoms with Gasteiger partial charge in [-0.05, 0) is 31.1 Å². The number of nitrogens with two attached hydrogens (primary N) is 1. The Hall–Kier alpha value is -1.08. The van der Waals surface area contributed by atoms with Crippen LogP contribution in [0.15, 0.2) is 0 Å². The predicted molar refractivity (Wildman–Crippen MR) is 71.5 cm³/mol. The lowest BCUT2D eigenvalue weighted by Gasteiger charge is -2.23. The van der Waals surface area contributed by atoms with Gasteiger partial charge in [0.25, 0.3) is 0 Å². The summed E-state index contributed by atoms with van der Waals surface area (Å²) in [6.07, 6.45) is 4.02. The molecule has 0 aromatic rings. The van der Waals surface area contributed by atoms with E-state index in [1.807, 2.05) is 0 Å². The third-order valence-corrected chi connectivity index (χ3v) is 3.35. The van der Waals surface area contributed by atoms with E-state index >= 15 is 0 Å². The lowest BCUT2D eigenvalue weighted by Crippen LogP contribution is -2.40. The first kappa shape index (κ1) is 15.0. The van der Waals surface area contributed by atoms with Gasteiger partial charge in [0, 0.05) is 18.5 Å². The molecule has 0 heterocycles. The van der Waals surface area contributed by atoms with Gasteiger partial charge >= 0.3 is 0 Å². The zero-order valence-electron chi connectivity index (χ0n) is 11.7. The number of rotatable bonds is 4. The van der Waals surface area contributed by atoms with Crippen LogP contribution in [0, 0.1) is 22.7 Å². The minimum Gasteiger partial charge on any atom is -0.352 e. The Bertz CT molecular complexity index is 327. The van der Waals surface area contributed by atoms with Gasteiger partial charge in [-0.1, -0.05) is 20.8 Å². The molecular weight excluding hydrogens is 226 g/mol. The van der Waals surface area contributed by atoms with Crippen LogP contribution in [-0.4, -0.2) is 18.0 Å². The van der Waals surface area contributed by atoms with Crippen molar-refractivity contribution < 1.29 is 4.79 Å². The van der Waals surface area contributed by atoms with Crippen LogP contribution in [0.4, 0.5) is 0 Å². The molecule has 0 spiro atoms. The lowest BCUT2D eigenvalue weighted by atomic mass is 9.87. The third-order valence-electron chi connectivity index (χ3n) is 3.35. The topological polar surface area (TPSA) is 78.9 Å². The number of hydrogen-bond acceptors (Lipinski definition) is 3. The van der Waals surface area contributed by atoms with E-state index in [0.29, 0.717) is 6.42 Å². The van der Waals surface area contributed by atoms with E-state index in [-0.39, 0.29) is 29.3 Å². The monoisotopic (exact) mass is 251 g/mol. The molecule has 1 fully saturated rings. The second-order valence-electron chi connectivity index (χ2n) is 6.57. The molecule has 4 nitrogen and oxygen atoms in total. The van der Waals surface area contributed by atoms with Crippen LogP contribution >= 0.6 is 0 Å². The maximum absolute atomic E-state index is 11.9. The summed E-state index contributed by atoms with van der Waals surface area (Å²) < 4.78 is 0. The van der Waals surface area contributed by atoms with Gasteiger partial charge in [-0.2, -0.15) is 5.26 Å². The van der Waals surface area contributed by atoms with Crippen molar-refractivity contribution in [1.82, 2.24) is 5.32 Å². The van der Waals surface area contributed by atoms with E-state index in [4.69, 9.17) is 11.0 Å². The molecule has 3 atom stereocenters. The molecule has 4 heteroatoms. The summed E-state index contributed by atoms with van der Waals surface area (Å²) >= 11 is 0. The molecule has 0 aliphatic heterocycles. The second-order valence-corrected chi connectivity index (χ2v) is 6.57. The molecule has 1 aliphatic rings. The molecule has 0 aromatic carbocycles. The van der Waals surface area contributed by atoms with Gasteiger partial charge in [-0.3, -0.25) is 4.79 Å². The van der Waals surface area contributed by atoms with Crippen molar-refractivity contribution in [2.45, 2.75) is 65.0 Å². The fraction of sp³-hybridized carbons (Fsp3) is 0.857. The van der Waals surface area contributed by atoms with Crippen molar-refractivity contribution in [1.29, 1.82) is 5.26 Å². The number of nitriles is 1. The van der Waals surface area contributed by atoms with E-state index in [2.05, 4.69) is 32.2 Å². The van der Waals surface area contributed by atoms with Gasteiger partial charge in [-0.15, -0.1) is 0 Å². The third kappa shape index (κ3) is 5.05. The van der Waals surface area contributed by atoms with Gasteiger partial charge in [0.2, 0.25) is 5.91 Å². The minimum atomic E-state index is -0.105.